The van der Waals surface area contributed by atoms with Crippen molar-refractivity contribution < 1.29 is 27.5 Å². The van der Waals surface area contributed by atoms with Gasteiger partial charge in [-0.05, 0) is 42.8 Å². The first-order chi connectivity index (χ1) is 17.7. The number of nitrogens with zero attached hydrogens (tertiary/aromatic N) is 2. The third kappa shape index (κ3) is 6.91. The SMILES string of the molecule is CCOc1cccc(NC(=O)C2CC(=O)N(Cc3ccccc3)C(=Nc3cccc(C(F)(F)F)c3)S2)c1. The van der Waals surface area contributed by atoms with E-state index in [1.54, 1.807) is 24.3 Å². The number of carbonyl (C=O) groups excluding carboxylic acids is 2. The fourth-order valence-electron chi connectivity index (χ4n) is 3.68. The minimum absolute atomic E-state index is 0.0358. The monoisotopic (exact) mass is 527 g/mol. The standard InChI is InChI=1S/C27H24F3N3O3S/c1-2-36-22-13-7-12-21(15-22)31-25(35)23-16-24(34)33(17-18-8-4-3-5-9-18)26(37-23)32-20-11-6-10-19(14-20)27(28,29)30/h3-15,23H,2,16-17H2,1H3,(H,31,35). The Morgan fingerprint density at radius 3 is 2.57 bits per heavy atom. The highest BCUT2D eigenvalue weighted by Gasteiger charge is 2.36. The third-order valence-corrected chi connectivity index (χ3v) is 6.61. The molecule has 1 saturated heterocycles. The van der Waals surface area contributed by atoms with Crippen LogP contribution in [-0.2, 0) is 22.3 Å². The van der Waals surface area contributed by atoms with Gasteiger partial charge in [-0.25, -0.2) is 4.99 Å². The Kier molecular flexibility index (Phi) is 8.17. The Bertz CT molecular complexity index is 1300. The van der Waals surface area contributed by atoms with Crippen molar-refractivity contribution in [3.05, 3.63) is 90.0 Å². The number of anilines is 1. The number of ether oxygens (including phenoxy) is 1. The van der Waals surface area contributed by atoms with Crippen molar-refractivity contribution in [1.82, 2.24) is 4.90 Å². The molecule has 6 nitrogen and oxygen atoms in total. The van der Waals surface area contributed by atoms with Gasteiger partial charge in [0, 0.05) is 18.2 Å². The zero-order valence-corrected chi connectivity index (χ0v) is 20.7. The topological polar surface area (TPSA) is 71.0 Å². The second-order valence-electron chi connectivity index (χ2n) is 8.17. The summed E-state index contributed by atoms with van der Waals surface area (Å²) in [6.45, 7) is 2.49. The lowest BCUT2D eigenvalue weighted by Crippen LogP contribution is -2.44. The minimum Gasteiger partial charge on any atom is -0.494 e. The number of benzene rings is 3. The van der Waals surface area contributed by atoms with Gasteiger partial charge < -0.3 is 10.1 Å². The zero-order chi connectivity index (χ0) is 26.4. The van der Waals surface area contributed by atoms with Crippen molar-refractivity contribution in [1.29, 1.82) is 0 Å². The van der Waals surface area contributed by atoms with Crippen LogP contribution in [0.1, 0.15) is 24.5 Å². The van der Waals surface area contributed by atoms with Gasteiger partial charge in [0.05, 0.1) is 24.4 Å². The molecule has 1 N–H and O–H groups in total. The number of amidine groups is 1. The average molecular weight is 528 g/mol. The fraction of sp³-hybridized carbons (Fsp3) is 0.222. The molecule has 1 atom stereocenters. The summed E-state index contributed by atoms with van der Waals surface area (Å²) in [7, 11) is 0. The second-order valence-corrected chi connectivity index (χ2v) is 9.34. The lowest BCUT2D eigenvalue weighted by Gasteiger charge is -2.32. The Labute approximate surface area is 216 Å². The zero-order valence-electron chi connectivity index (χ0n) is 19.9. The molecule has 1 aliphatic heterocycles. The quantitative estimate of drug-likeness (QED) is 0.394. The maximum atomic E-state index is 13.2. The second kappa shape index (κ2) is 11.5. The van der Waals surface area contributed by atoms with E-state index < -0.39 is 22.9 Å². The van der Waals surface area contributed by atoms with E-state index in [2.05, 4.69) is 10.3 Å². The number of halogens is 3. The highest BCUT2D eigenvalue weighted by atomic mass is 32.2. The van der Waals surface area contributed by atoms with Crippen LogP contribution in [0.25, 0.3) is 0 Å². The van der Waals surface area contributed by atoms with Crippen molar-refractivity contribution in [3.63, 3.8) is 0 Å². The molecule has 4 rings (SSSR count). The first-order valence-electron chi connectivity index (χ1n) is 11.5. The molecule has 1 unspecified atom stereocenters. The molecule has 0 aromatic heterocycles. The molecule has 1 aliphatic rings. The summed E-state index contributed by atoms with van der Waals surface area (Å²) in [6.07, 6.45) is -4.62. The molecular weight excluding hydrogens is 503 g/mol. The molecule has 1 fully saturated rings. The summed E-state index contributed by atoms with van der Waals surface area (Å²) in [5.41, 5.74) is 0.518. The van der Waals surface area contributed by atoms with Crippen molar-refractivity contribution >= 4 is 40.1 Å². The first-order valence-corrected chi connectivity index (χ1v) is 12.4. The Balaban J connectivity index is 1.61. The number of rotatable bonds is 7. The highest BCUT2D eigenvalue weighted by Crippen LogP contribution is 2.34. The largest absolute Gasteiger partial charge is 0.494 e. The van der Waals surface area contributed by atoms with Crippen LogP contribution < -0.4 is 10.1 Å². The Morgan fingerprint density at radius 1 is 1.08 bits per heavy atom. The van der Waals surface area contributed by atoms with E-state index in [-0.39, 0.29) is 29.7 Å². The number of nitrogens with one attached hydrogen (secondary N) is 1. The van der Waals surface area contributed by atoms with E-state index in [9.17, 15) is 22.8 Å². The van der Waals surface area contributed by atoms with E-state index in [4.69, 9.17) is 4.74 Å². The van der Waals surface area contributed by atoms with Crippen LogP contribution in [0, 0.1) is 0 Å². The Morgan fingerprint density at radius 2 is 1.84 bits per heavy atom. The number of amides is 2. The Hall–Kier alpha value is -3.79. The minimum atomic E-state index is -4.53. The van der Waals surface area contributed by atoms with E-state index in [1.807, 2.05) is 37.3 Å². The van der Waals surface area contributed by atoms with E-state index in [1.165, 1.54) is 17.0 Å². The summed E-state index contributed by atoms with van der Waals surface area (Å²) < 4.78 is 45.2. The van der Waals surface area contributed by atoms with Crippen molar-refractivity contribution in [2.45, 2.75) is 31.3 Å². The number of carbonyl (C=O) groups is 2. The van der Waals surface area contributed by atoms with Gasteiger partial charge in [0.15, 0.2) is 5.17 Å². The van der Waals surface area contributed by atoms with Crippen LogP contribution >= 0.6 is 11.8 Å². The van der Waals surface area contributed by atoms with Gasteiger partial charge in [0.2, 0.25) is 11.8 Å². The van der Waals surface area contributed by atoms with Gasteiger partial charge in [-0.2, -0.15) is 13.2 Å². The summed E-state index contributed by atoms with van der Waals surface area (Å²) in [4.78, 5) is 32.1. The lowest BCUT2D eigenvalue weighted by atomic mass is 10.2. The van der Waals surface area contributed by atoms with Gasteiger partial charge in [0.25, 0.3) is 0 Å². The van der Waals surface area contributed by atoms with Crippen LogP contribution in [0.2, 0.25) is 0 Å². The summed E-state index contributed by atoms with van der Waals surface area (Å²) in [5.74, 6) is -0.173. The number of alkyl halides is 3. The molecule has 0 bridgehead atoms. The molecule has 3 aromatic rings. The number of aliphatic imine (C=N–C) groups is 1. The van der Waals surface area contributed by atoms with Crippen LogP contribution in [0.3, 0.4) is 0 Å². The summed E-state index contributed by atoms with van der Waals surface area (Å²) >= 11 is 1.04. The maximum absolute atomic E-state index is 13.2. The molecular formula is C27H24F3N3O3S. The van der Waals surface area contributed by atoms with Gasteiger partial charge in [-0.1, -0.05) is 54.2 Å². The number of hydrogen-bond donors (Lipinski definition) is 1. The van der Waals surface area contributed by atoms with Gasteiger partial charge >= 0.3 is 6.18 Å². The van der Waals surface area contributed by atoms with Crippen molar-refractivity contribution in [3.8, 4) is 5.75 Å². The van der Waals surface area contributed by atoms with Gasteiger partial charge in [-0.15, -0.1) is 0 Å². The molecule has 0 spiro atoms. The van der Waals surface area contributed by atoms with Gasteiger partial charge in [0.1, 0.15) is 11.0 Å². The normalized spacial score (nSPS) is 17.1. The highest BCUT2D eigenvalue weighted by molar-refractivity contribution is 8.15. The summed E-state index contributed by atoms with van der Waals surface area (Å²) in [5, 5.41) is 2.13. The molecule has 10 heteroatoms. The average Bonchev–Trinajstić information content (AvgIpc) is 2.86. The van der Waals surface area contributed by atoms with E-state index >= 15 is 0 Å². The van der Waals surface area contributed by atoms with Crippen LogP contribution in [-0.4, -0.2) is 33.7 Å². The summed E-state index contributed by atoms with van der Waals surface area (Å²) in [6, 6.07) is 20.6. The van der Waals surface area contributed by atoms with E-state index in [0.717, 1.165) is 29.5 Å². The van der Waals surface area contributed by atoms with Crippen LogP contribution in [0.4, 0.5) is 24.5 Å². The predicted molar refractivity (Wildman–Crippen MR) is 138 cm³/mol. The van der Waals surface area contributed by atoms with Crippen LogP contribution in [0.5, 0.6) is 5.75 Å². The third-order valence-electron chi connectivity index (χ3n) is 5.43. The molecule has 0 aliphatic carbocycles. The van der Waals surface area contributed by atoms with E-state index in [0.29, 0.717) is 18.0 Å². The molecule has 0 saturated carbocycles. The molecule has 2 amide bonds. The van der Waals surface area contributed by atoms with Gasteiger partial charge in [-0.3, -0.25) is 14.5 Å². The molecule has 192 valence electrons. The first kappa shape index (κ1) is 26.3. The van der Waals surface area contributed by atoms with Crippen molar-refractivity contribution in [2.75, 3.05) is 11.9 Å². The smallest absolute Gasteiger partial charge is 0.416 e. The molecule has 1 heterocycles. The molecule has 37 heavy (non-hydrogen) atoms. The lowest BCUT2D eigenvalue weighted by molar-refractivity contribution is -0.137. The fourth-order valence-corrected chi connectivity index (χ4v) is 4.78. The van der Waals surface area contributed by atoms with Crippen LogP contribution in [0.15, 0.2) is 83.9 Å². The number of thioether (sulfide) groups is 1. The molecule has 3 aromatic carbocycles. The molecule has 0 radical (unpaired) electrons. The predicted octanol–water partition coefficient (Wildman–Crippen LogP) is 6.26. The maximum Gasteiger partial charge on any atom is 0.416 e. The number of hydrogen-bond acceptors (Lipinski definition) is 5. The van der Waals surface area contributed by atoms with Crippen molar-refractivity contribution in [2.24, 2.45) is 4.99 Å².